The fourth-order valence-electron chi connectivity index (χ4n) is 1.68. The minimum atomic E-state index is -3.96. The zero-order valence-corrected chi connectivity index (χ0v) is 14.1. The van der Waals surface area contributed by atoms with Crippen molar-refractivity contribution in [3.63, 3.8) is 0 Å². The number of carbonyl (C=O) groups is 1. The Balaban J connectivity index is 1.97. The van der Waals surface area contributed by atoms with E-state index >= 15 is 0 Å². The predicted molar refractivity (Wildman–Crippen MR) is 86.4 cm³/mol. The van der Waals surface area contributed by atoms with E-state index in [-0.39, 0.29) is 10.6 Å². The minimum Gasteiger partial charge on any atom is -0.478 e. The number of hydrogen-bond acceptors (Lipinski definition) is 4. The average molecular weight is 373 g/mol. The molecule has 0 bridgehead atoms. The number of carbonyl (C=O) groups excluding carboxylic acids is 1. The second-order valence-electron chi connectivity index (χ2n) is 4.74. The van der Waals surface area contributed by atoms with Crippen LogP contribution in [0, 0.1) is 5.82 Å². The minimum absolute atomic E-state index is 0.0742. The summed E-state index contributed by atoms with van der Waals surface area (Å²) in [6, 6.07) is 11.0. The van der Waals surface area contributed by atoms with Gasteiger partial charge in [0.15, 0.2) is 17.7 Å². The lowest BCUT2D eigenvalue weighted by atomic mass is 10.3. The first-order valence-corrected chi connectivity index (χ1v) is 8.64. The molecule has 2 aromatic rings. The lowest BCUT2D eigenvalue weighted by molar-refractivity contribution is -0.127. The van der Waals surface area contributed by atoms with Gasteiger partial charge >= 0.3 is 0 Å². The number of sulfonamides is 1. The highest BCUT2D eigenvalue weighted by Crippen LogP contribution is 2.17. The Kier molecular flexibility index (Phi) is 5.76. The van der Waals surface area contributed by atoms with Gasteiger partial charge in [-0.25, -0.2) is 12.8 Å². The molecular formula is C15H14ClFN2O4S. The Bertz CT molecular complexity index is 828. The number of benzene rings is 2. The third kappa shape index (κ3) is 4.67. The molecule has 9 heteroatoms. The molecule has 0 aliphatic rings. The van der Waals surface area contributed by atoms with Gasteiger partial charge in [0.25, 0.3) is 15.9 Å². The normalized spacial score (nSPS) is 12.5. The van der Waals surface area contributed by atoms with E-state index in [1.54, 1.807) is 6.07 Å². The Morgan fingerprint density at radius 1 is 1.17 bits per heavy atom. The first-order chi connectivity index (χ1) is 11.3. The molecular weight excluding hydrogens is 359 g/mol. The van der Waals surface area contributed by atoms with Crippen molar-refractivity contribution in [3.8, 4) is 5.75 Å². The van der Waals surface area contributed by atoms with Crippen LogP contribution in [0.15, 0.2) is 53.4 Å². The smallest absolute Gasteiger partial charge is 0.275 e. The molecule has 6 nitrogen and oxygen atoms in total. The maximum Gasteiger partial charge on any atom is 0.275 e. The van der Waals surface area contributed by atoms with Crippen molar-refractivity contribution in [2.75, 3.05) is 0 Å². The van der Waals surface area contributed by atoms with Crippen LogP contribution < -0.4 is 15.0 Å². The standard InChI is InChI=1S/C15H14ClFN2O4S/c1-10(23-14-5-3-2-4-13(14)17)15(20)18-19-24(21,22)12-8-6-11(16)7-9-12/h2-10,19H,1H3,(H,18,20)/t10-/m1/s1. The molecule has 0 saturated heterocycles. The maximum absolute atomic E-state index is 13.5. The monoisotopic (exact) mass is 372 g/mol. The van der Waals surface area contributed by atoms with Crippen LogP contribution in [0.5, 0.6) is 5.75 Å². The summed E-state index contributed by atoms with van der Waals surface area (Å²) >= 11 is 5.69. The highest BCUT2D eigenvalue weighted by molar-refractivity contribution is 7.89. The molecule has 128 valence electrons. The van der Waals surface area contributed by atoms with Gasteiger partial charge in [0, 0.05) is 5.02 Å². The summed E-state index contributed by atoms with van der Waals surface area (Å²) in [4.78, 5) is 13.7. The van der Waals surface area contributed by atoms with Gasteiger partial charge in [-0.05, 0) is 43.3 Å². The van der Waals surface area contributed by atoms with Gasteiger partial charge in [0.05, 0.1) is 4.90 Å². The van der Waals surface area contributed by atoms with E-state index in [9.17, 15) is 17.6 Å². The van der Waals surface area contributed by atoms with E-state index in [0.717, 1.165) is 0 Å². The van der Waals surface area contributed by atoms with Crippen molar-refractivity contribution < 1.29 is 22.3 Å². The van der Waals surface area contributed by atoms with Gasteiger partial charge in [-0.1, -0.05) is 23.7 Å². The molecule has 0 aromatic heterocycles. The molecule has 2 N–H and O–H groups in total. The number of hydrazine groups is 1. The molecule has 2 aromatic carbocycles. The van der Waals surface area contributed by atoms with Crippen LogP contribution >= 0.6 is 11.6 Å². The SMILES string of the molecule is C[C@@H](Oc1ccccc1F)C(=O)NNS(=O)(=O)c1ccc(Cl)cc1. The van der Waals surface area contributed by atoms with Crippen LogP contribution in [0.25, 0.3) is 0 Å². The second kappa shape index (κ2) is 7.61. The molecule has 0 unspecified atom stereocenters. The number of rotatable bonds is 6. The van der Waals surface area contributed by atoms with E-state index in [1.165, 1.54) is 49.4 Å². The van der Waals surface area contributed by atoms with E-state index in [2.05, 4.69) is 0 Å². The molecule has 2 rings (SSSR count). The predicted octanol–water partition coefficient (Wildman–Crippen LogP) is 2.26. The van der Waals surface area contributed by atoms with Gasteiger partial charge in [0.1, 0.15) is 0 Å². The zero-order valence-electron chi connectivity index (χ0n) is 12.5. The summed E-state index contributed by atoms with van der Waals surface area (Å²) in [5.74, 6) is -1.52. The molecule has 0 fully saturated rings. The number of ether oxygens (including phenoxy) is 1. The van der Waals surface area contributed by atoms with Crippen LogP contribution in [0.2, 0.25) is 5.02 Å². The summed E-state index contributed by atoms with van der Waals surface area (Å²) in [6.45, 7) is 1.36. The van der Waals surface area contributed by atoms with Crippen molar-refractivity contribution >= 4 is 27.5 Å². The van der Waals surface area contributed by atoms with Gasteiger partial charge in [-0.2, -0.15) is 0 Å². The first-order valence-electron chi connectivity index (χ1n) is 6.78. The molecule has 0 aliphatic carbocycles. The number of halogens is 2. The molecule has 0 spiro atoms. The summed E-state index contributed by atoms with van der Waals surface area (Å²) in [5, 5.41) is 0.380. The summed E-state index contributed by atoms with van der Waals surface area (Å²) in [7, 11) is -3.96. The quantitative estimate of drug-likeness (QED) is 0.762. The summed E-state index contributed by atoms with van der Waals surface area (Å²) in [6.07, 6.45) is -1.12. The summed E-state index contributed by atoms with van der Waals surface area (Å²) < 4.78 is 42.6. The molecule has 0 heterocycles. The van der Waals surface area contributed by atoms with Gasteiger partial charge in [-0.15, -0.1) is 4.83 Å². The first kappa shape index (κ1) is 18.2. The fourth-order valence-corrected chi connectivity index (χ4v) is 2.65. The van der Waals surface area contributed by atoms with E-state index in [0.29, 0.717) is 5.02 Å². The largest absolute Gasteiger partial charge is 0.478 e. The molecule has 0 radical (unpaired) electrons. The Labute approximate surface area is 143 Å². The third-order valence-electron chi connectivity index (χ3n) is 2.94. The van der Waals surface area contributed by atoms with Crippen LogP contribution in [0.1, 0.15) is 6.92 Å². The fraction of sp³-hybridized carbons (Fsp3) is 0.133. The van der Waals surface area contributed by atoms with Gasteiger partial charge < -0.3 is 4.74 Å². The number of hydrogen-bond donors (Lipinski definition) is 2. The van der Waals surface area contributed by atoms with Crippen molar-refractivity contribution in [1.82, 2.24) is 10.3 Å². The molecule has 24 heavy (non-hydrogen) atoms. The van der Waals surface area contributed by atoms with Crippen LogP contribution in [0.3, 0.4) is 0 Å². The van der Waals surface area contributed by atoms with Gasteiger partial charge in [-0.3, -0.25) is 10.2 Å². The van der Waals surface area contributed by atoms with Crippen LogP contribution in [-0.2, 0) is 14.8 Å². The number of para-hydroxylation sites is 1. The van der Waals surface area contributed by atoms with E-state index in [4.69, 9.17) is 16.3 Å². The molecule has 0 aliphatic heterocycles. The lowest BCUT2D eigenvalue weighted by Crippen LogP contribution is -2.47. The lowest BCUT2D eigenvalue weighted by Gasteiger charge is -2.15. The third-order valence-corrected chi connectivity index (χ3v) is 4.46. The van der Waals surface area contributed by atoms with E-state index in [1.807, 2.05) is 10.3 Å². The molecule has 1 atom stereocenters. The van der Waals surface area contributed by atoms with E-state index < -0.39 is 27.9 Å². The van der Waals surface area contributed by atoms with Crippen LogP contribution in [0.4, 0.5) is 4.39 Å². The molecule has 1 amide bonds. The maximum atomic E-state index is 13.5. The highest BCUT2D eigenvalue weighted by atomic mass is 35.5. The number of nitrogens with one attached hydrogen (secondary N) is 2. The highest BCUT2D eigenvalue weighted by Gasteiger charge is 2.20. The van der Waals surface area contributed by atoms with Crippen molar-refractivity contribution in [2.24, 2.45) is 0 Å². The molecule has 0 saturated carbocycles. The Morgan fingerprint density at radius 3 is 2.42 bits per heavy atom. The second-order valence-corrected chi connectivity index (χ2v) is 6.86. The van der Waals surface area contributed by atoms with Crippen LogP contribution in [-0.4, -0.2) is 20.4 Å². The topological polar surface area (TPSA) is 84.5 Å². The zero-order chi connectivity index (χ0) is 17.7. The van der Waals surface area contributed by atoms with Crippen molar-refractivity contribution in [3.05, 3.63) is 59.4 Å². The Morgan fingerprint density at radius 2 is 1.79 bits per heavy atom. The van der Waals surface area contributed by atoms with Crippen molar-refractivity contribution in [1.29, 1.82) is 0 Å². The Hall–Kier alpha value is -2.16. The summed E-state index contributed by atoms with van der Waals surface area (Å²) in [5.41, 5.74) is 2.02. The van der Waals surface area contributed by atoms with Crippen molar-refractivity contribution in [2.45, 2.75) is 17.9 Å². The number of amides is 1. The van der Waals surface area contributed by atoms with Gasteiger partial charge in [0.2, 0.25) is 0 Å². The average Bonchev–Trinajstić information content (AvgIpc) is 2.55.